The van der Waals surface area contributed by atoms with Crippen LogP contribution in [0, 0.1) is 6.92 Å². The maximum Gasteiger partial charge on any atom is 0.274 e. The SMILES string of the molecule is CCOc1ccc2nc(N(Cc3ccccc3)C(=O)c3snnc3C)sc2c1. The number of nitrogens with zero attached hydrogens (tertiary/aromatic N) is 4. The van der Waals surface area contributed by atoms with Crippen LogP contribution in [0.4, 0.5) is 5.13 Å². The zero-order valence-corrected chi connectivity index (χ0v) is 17.1. The van der Waals surface area contributed by atoms with Gasteiger partial charge in [0.1, 0.15) is 10.6 Å². The van der Waals surface area contributed by atoms with Crippen LogP contribution in [0.1, 0.15) is 27.9 Å². The Labute approximate surface area is 170 Å². The van der Waals surface area contributed by atoms with E-state index in [1.165, 1.54) is 11.3 Å². The molecule has 0 saturated heterocycles. The van der Waals surface area contributed by atoms with Gasteiger partial charge < -0.3 is 4.74 Å². The van der Waals surface area contributed by atoms with Crippen molar-refractivity contribution in [2.24, 2.45) is 0 Å². The molecule has 1 amide bonds. The average Bonchev–Trinajstić information content (AvgIpc) is 3.32. The Bertz CT molecular complexity index is 1110. The summed E-state index contributed by atoms with van der Waals surface area (Å²) in [6.45, 7) is 4.78. The minimum atomic E-state index is -0.138. The van der Waals surface area contributed by atoms with Crippen LogP contribution in [-0.2, 0) is 6.54 Å². The first kappa shape index (κ1) is 18.5. The molecule has 4 aromatic rings. The minimum absolute atomic E-state index is 0.138. The number of carbonyl (C=O) groups is 1. The summed E-state index contributed by atoms with van der Waals surface area (Å²) >= 11 is 2.59. The number of carbonyl (C=O) groups excluding carboxylic acids is 1. The van der Waals surface area contributed by atoms with E-state index in [-0.39, 0.29) is 5.91 Å². The topological polar surface area (TPSA) is 68.2 Å². The van der Waals surface area contributed by atoms with E-state index in [0.29, 0.717) is 28.9 Å². The molecule has 8 heteroatoms. The van der Waals surface area contributed by atoms with Crippen molar-refractivity contribution in [2.75, 3.05) is 11.5 Å². The zero-order chi connectivity index (χ0) is 19.5. The molecular formula is C20H18N4O2S2. The Morgan fingerprint density at radius 1 is 1.18 bits per heavy atom. The van der Waals surface area contributed by atoms with Gasteiger partial charge >= 0.3 is 0 Å². The zero-order valence-electron chi connectivity index (χ0n) is 15.5. The predicted octanol–water partition coefficient (Wildman–Crippen LogP) is 4.70. The molecule has 0 saturated carbocycles. The van der Waals surface area contributed by atoms with E-state index in [0.717, 1.165) is 33.1 Å². The molecule has 0 aliphatic rings. The van der Waals surface area contributed by atoms with E-state index in [4.69, 9.17) is 9.72 Å². The van der Waals surface area contributed by atoms with Gasteiger partial charge in [0.15, 0.2) is 5.13 Å². The van der Waals surface area contributed by atoms with Crippen LogP contribution in [0.2, 0.25) is 0 Å². The van der Waals surface area contributed by atoms with E-state index in [1.807, 2.05) is 55.5 Å². The van der Waals surface area contributed by atoms with Crippen LogP contribution < -0.4 is 9.64 Å². The van der Waals surface area contributed by atoms with Gasteiger partial charge in [-0.1, -0.05) is 46.2 Å². The number of rotatable bonds is 6. The number of fused-ring (bicyclic) bond motifs is 1. The summed E-state index contributed by atoms with van der Waals surface area (Å²) < 4.78 is 10.5. The summed E-state index contributed by atoms with van der Waals surface area (Å²) in [5.41, 5.74) is 2.50. The Morgan fingerprint density at radius 2 is 2.00 bits per heavy atom. The third-order valence-corrected chi connectivity index (χ3v) is 6.02. The Hall–Kier alpha value is -2.84. The molecule has 2 aromatic heterocycles. The van der Waals surface area contributed by atoms with Crippen molar-refractivity contribution in [3.05, 3.63) is 64.7 Å². The summed E-state index contributed by atoms with van der Waals surface area (Å²) in [4.78, 5) is 20.2. The lowest BCUT2D eigenvalue weighted by Gasteiger charge is -2.19. The summed E-state index contributed by atoms with van der Waals surface area (Å²) in [6, 6.07) is 15.7. The molecule has 4 rings (SSSR count). The average molecular weight is 411 g/mol. The molecule has 0 aliphatic heterocycles. The fourth-order valence-corrected chi connectivity index (χ4v) is 4.41. The van der Waals surface area contributed by atoms with Crippen LogP contribution in [0.25, 0.3) is 10.2 Å². The quantitative estimate of drug-likeness (QED) is 0.461. The first-order valence-electron chi connectivity index (χ1n) is 8.84. The molecule has 0 aliphatic carbocycles. The third kappa shape index (κ3) is 3.74. The maximum absolute atomic E-state index is 13.3. The molecular weight excluding hydrogens is 392 g/mol. The molecule has 0 N–H and O–H groups in total. The number of amides is 1. The van der Waals surface area contributed by atoms with Crippen LogP contribution in [-0.4, -0.2) is 27.1 Å². The van der Waals surface area contributed by atoms with Gasteiger partial charge in [0.25, 0.3) is 5.91 Å². The molecule has 0 atom stereocenters. The fourth-order valence-electron chi connectivity index (χ4n) is 2.81. The van der Waals surface area contributed by atoms with Gasteiger partial charge in [-0.2, -0.15) is 0 Å². The van der Waals surface area contributed by atoms with Gasteiger partial charge in [-0.3, -0.25) is 9.69 Å². The monoisotopic (exact) mass is 410 g/mol. The van der Waals surface area contributed by atoms with Crippen molar-refractivity contribution in [3.8, 4) is 5.75 Å². The Kier molecular flexibility index (Phi) is 5.31. The van der Waals surface area contributed by atoms with Gasteiger partial charge in [-0.15, -0.1) is 5.10 Å². The molecule has 0 unspecified atom stereocenters. The number of hydrogen-bond donors (Lipinski definition) is 0. The number of anilines is 1. The van der Waals surface area contributed by atoms with E-state index >= 15 is 0 Å². The number of aromatic nitrogens is 3. The van der Waals surface area contributed by atoms with Gasteiger partial charge in [0.05, 0.1) is 29.1 Å². The number of ether oxygens (including phenoxy) is 1. The summed E-state index contributed by atoms with van der Waals surface area (Å²) in [6.07, 6.45) is 0. The molecule has 0 radical (unpaired) electrons. The van der Waals surface area contributed by atoms with Crippen molar-refractivity contribution >= 4 is 44.1 Å². The molecule has 2 aromatic carbocycles. The predicted molar refractivity (Wildman–Crippen MR) is 112 cm³/mol. The van der Waals surface area contributed by atoms with Crippen molar-refractivity contribution < 1.29 is 9.53 Å². The largest absolute Gasteiger partial charge is 0.494 e. The Balaban J connectivity index is 1.75. The first-order chi connectivity index (χ1) is 13.7. The highest BCUT2D eigenvalue weighted by Crippen LogP contribution is 2.33. The second-order valence-corrected chi connectivity index (χ2v) is 7.89. The second-order valence-electron chi connectivity index (χ2n) is 6.12. The van der Waals surface area contributed by atoms with Gasteiger partial charge in [-0.25, -0.2) is 4.98 Å². The molecule has 142 valence electrons. The second kappa shape index (κ2) is 8.04. The van der Waals surface area contributed by atoms with Crippen LogP contribution >= 0.6 is 22.9 Å². The molecule has 6 nitrogen and oxygen atoms in total. The van der Waals surface area contributed by atoms with E-state index in [9.17, 15) is 4.79 Å². The number of hydrogen-bond acceptors (Lipinski definition) is 7. The number of benzene rings is 2. The Morgan fingerprint density at radius 3 is 2.71 bits per heavy atom. The van der Waals surface area contributed by atoms with Crippen LogP contribution in [0.3, 0.4) is 0 Å². The van der Waals surface area contributed by atoms with Crippen molar-refractivity contribution in [3.63, 3.8) is 0 Å². The molecule has 2 heterocycles. The highest BCUT2D eigenvalue weighted by atomic mass is 32.1. The van der Waals surface area contributed by atoms with Crippen molar-refractivity contribution in [1.29, 1.82) is 0 Å². The number of thiazole rings is 1. The molecule has 0 fully saturated rings. The van der Waals surface area contributed by atoms with E-state index in [2.05, 4.69) is 9.59 Å². The summed E-state index contributed by atoms with van der Waals surface area (Å²) in [7, 11) is 0. The minimum Gasteiger partial charge on any atom is -0.494 e. The van der Waals surface area contributed by atoms with Crippen LogP contribution in [0.5, 0.6) is 5.75 Å². The molecule has 28 heavy (non-hydrogen) atoms. The molecule has 0 spiro atoms. The highest BCUT2D eigenvalue weighted by Gasteiger charge is 2.25. The lowest BCUT2D eigenvalue weighted by molar-refractivity contribution is 0.0988. The van der Waals surface area contributed by atoms with Crippen LogP contribution in [0.15, 0.2) is 48.5 Å². The smallest absolute Gasteiger partial charge is 0.274 e. The van der Waals surface area contributed by atoms with Gasteiger partial charge in [0, 0.05) is 0 Å². The fraction of sp³-hybridized carbons (Fsp3) is 0.200. The van der Waals surface area contributed by atoms with E-state index in [1.54, 1.807) is 11.8 Å². The third-order valence-electron chi connectivity index (χ3n) is 4.16. The summed E-state index contributed by atoms with van der Waals surface area (Å²) in [5.74, 6) is 0.661. The normalized spacial score (nSPS) is 10.9. The van der Waals surface area contributed by atoms with Gasteiger partial charge in [0.2, 0.25) is 0 Å². The number of aryl methyl sites for hydroxylation is 1. The van der Waals surface area contributed by atoms with E-state index < -0.39 is 0 Å². The van der Waals surface area contributed by atoms with Crippen molar-refractivity contribution in [2.45, 2.75) is 20.4 Å². The molecule has 0 bridgehead atoms. The first-order valence-corrected chi connectivity index (χ1v) is 10.4. The van der Waals surface area contributed by atoms with Crippen molar-refractivity contribution in [1.82, 2.24) is 14.6 Å². The standard InChI is InChI=1S/C20H18N4O2S2/c1-3-26-15-9-10-16-17(11-15)27-20(21-16)24(12-14-7-5-4-6-8-14)19(25)18-13(2)22-23-28-18/h4-11H,3,12H2,1-2H3. The maximum atomic E-state index is 13.3. The lowest BCUT2D eigenvalue weighted by Crippen LogP contribution is -2.30. The lowest BCUT2D eigenvalue weighted by atomic mass is 10.2. The highest BCUT2D eigenvalue weighted by molar-refractivity contribution is 7.22. The summed E-state index contributed by atoms with van der Waals surface area (Å²) in [5, 5.41) is 4.63. The van der Waals surface area contributed by atoms with Gasteiger partial charge in [-0.05, 0) is 49.1 Å².